The Morgan fingerprint density at radius 2 is 2.12 bits per heavy atom. The predicted octanol–water partition coefficient (Wildman–Crippen LogP) is 1.35. The van der Waals surface area contributed by atoms with Gasteiger partial charge in [0.2, 0.25) is 11.8 Å². The van der Waals surface area contributed by atoms with E-state index in [1.807, 2.05) is 11.9 Å². The highest BCUT2D eigenvalue weighted by Crippen LogP contribution is 2.36. The molecule has 142 valence electrons. The van der Waals surface area contributed by atoms with Crippen LogP contribution in [0.25, 0.3) is 0 Å². The Morgan fingerprint density at radius 3 is 2.81 bits per heavy atom. The molecule has 1 aromatic heterocycles. The van der Waals surface area contributed by atoms with Crippen molar-refractivity contribution in [1.82, 2.24) is 14.8 Å². The highest BCUT2D eigenvalue weighted by molar-refractivity contribution is 5.81. The van der Waals surface area contributed by atoms with E-state index in [0.29, 0.717) is 44.3 Å². The van der Waals surface area contributed by atoms with E-state index in [2.05, 4.69) is 4.98 Å². The Bertz CT molecular complexity index is 652. The average molecular weight is 363 g/mol. The van der Waals surface area contributed by atoms with Gasteiger partial charge in [0.1, 0.15) is 5.82 Å². The fraction of sp³-hybridized carbons (Fsp3) is 0.632. The fourth-order valence-corrected chi connectivity index (χ4v) is 4.28. The number of pyridine rings is 1. The molecule has 2 aliphatic rings. The van der Waals surface area contributed by atoms with Crippen LogP contribution in [0.1, 0.15) is 18.5 Å². The summed E-state index contributed by atoms with van der Waals surface area (Å²) in [6.45, 7) is 2.55. The third-order valence-electron chi connectivity index (χ3n) is 5.62. The molecule has 0 bridgehead atoms. The number of carbonyl (C=O) groups is 2. The number of amides is 2. The van der Waals surface area contributed by atoms with Gasteiger partial charge in [-0.05, 0) is 30.9 Å². The normalized spacial score (nSPS) is 26.4. The molecule has 2 saturated heterocycles. The topological polar surface area (TPSA) is 62.7 Å². The number of rotatable bonds is 4. The van der Waals surface area contributed by atoms with Crippen LogP contribution in [0.3, 0.4) is 0 Å². The summed E-state index contributed by atoms with van der Waals surface area (Å²) in [5, 5.41) is 0. The van der Waals surface area contributed by atoms with Crippen molar-refractivity contribution in [2.45, 2.75) is 19.3 Å². The highest BCUT2D eigenvalue weighted by atomic mass is 19.1. The number of ether oxygens (including phenoxy) is 1. The van der Waals surface area contributed by atoms with Crippen molar-refractivity contribution in [3.63, 3.8) is 0 Å². The minimum atomic E-state index is -0.410. The van der Waals surface area contributed by atoms with E-state index < -0.39 is 5.82 Å². The molecule has 0 radical (unpaired) electrons. The molecule has 3 rings (SSSR count). The number of hydrogen-bond donors (Lipinski definition) is 0. The lowest BCUT2D eigenvalue weighted by Gasteiger charge is -2.40. The molecule has 1 unspecified atom stereocenters. The molecule has 6 nitrogen and oxygen atoms in total. The molecule has 2 fully saturated rings. The van der Waals surface area contributed by atoms with Crippen LogP contribution >= 0.6 is 0 Å². The molecule has 7 heteroatoms. The highest BCUT2D eigenvalue weighted by Gasteiger charge is 2.42. The molecule has 3 heterocycles. The van der Waals surface area contributed by atoms with E-state index in [1.54, 1.807) is 12.0 Å². The smallest absolute Gasteiger partial charge is 0.228 e. The first-order valence-electron chi connectivity index (χ1n) is 9.11. The molecule has 0 spiro atoms. The second-order valence-electron chi connectivity index (χ2n) is 7.31. The summed E-state index contributed by atoms with van der Waals surface area (Å²) in [5.41, 5.74) is 0.561. The lowest BCUT2D eigenvalue weighted by molar-refractivity contribution is -0.144. The molecule has 2 amide bonds. The zero-order valence-corrected chi connectivity index (χ0v) is 15.4. The van der Waals surface area contributed by atoms with Crippen molar-refractivity contribution in [3.8, 4) is 0 Å². The van der Waals surface area contributed by atoms with Gasteiger partial charge in [-0.2, -0.15) is 0 Å². The van der Waals surface area contributed by atoms with Crippen LogP contribution in [0, 0.1) is 23.6 Å². The zero-order valence-electron chi connectivity index (χ0n) is 15.4. The van der Waals surface area contributed by atoms with Gasteiger partial charge in [-0.15, -0.1) is 0 Å². The van der Waals surface area contributed by atoms with Crippen molar-refractivity contribution in [2.24, 2.45) is 17.8 Å². The quantitative estimate of drug-likeness (QED) is 0.810. The number of methoxy groups -OCH3 is 1. The molecule has 1 aromatic rings. The molecular weight excluding hydrogens is 337 g/mol. The zero-order chi connectivity index (χ0) is 18.7. The summed E-state index contributed by atoms with van der Waals surface area (Å²) in [7, 11) is 3.53. The van der Waals surface area contributed by atoms with Crippen LogP contribution < -0.4 is 0 Å². The van der Waals surface area contributed by atoms with Gasteiger partial charge >= 0.3 is 0 Å². The third-order valence-corrected chi connectivity index (χ3v) is 5.62. The minimum Gasteiger partial charge on any atom is -0.384 e. The van der Waals surface area contributed by atoms with E-state index in [-0.39, 0.29) is 30.1 Å². The number of hydrogen-bond acceptors (Lipinski definition) is 4. The number of aromatic nitrogens is 1. The van der Waals surface area contributed by atoms with Crippen molar-refractivity contribution in [2.75, 3.05) is 40.4 Å². The lowest BCUT2D eigenvalue weighted by Crippen LogP contribution is -2.49. The summed E-state index contributed by atoms with van der Waals surface area (Å²) in [6, 6.07) is 2.86. The number of piperidine rings is 1. The van der Waals surface area contributed by atoms with Gasteiger partial charge in [0.15, 0.2) is 0 Å². The first kappa shape index (κ1) is 18.8. The summed E-state index contributed by atoms with van der Waals surface area (Å²) < 4.78 is 18.3. The van der Waals surface area contributed by atoms with Gasteiger partial charge in [0, 0.05) is 51.3 Å². The average Bonchev–Trinajstić information content (AvgIpc) is 2.85. The molecule has 2 aliphatic heterocycles. The summed E-state index contributed by atoms with van der Waals surface area (Å²) in [6.07, 6.45) is 2.77. The maximum Gasteiger partial charge on any atom is 0.228 e. The Kier molecular flexibility index (Phi) is 5.86. The van der Waals surface area contributed by atoms with Crippen molar-refractivity contribution in [1.29, 1.82) is 0 Å². The van der Waals surface area contributed by atoms with Crippen LogP contribution in [-0.2, 0) is 20.7 Å². The van der Waals surface area contributed by atoms with Gasteiger partial charge in [0.05, 0.1) is 19.2 Å². The number of halogens is 1. The first-order chi connectivity index (χ1) is 12.5. The largest absolute Gasteiger partial charge is 0.384 e. The Balaban J connectivity index is 1.67. The SMILES string of the molecule is COCC1CN(C)C(=O)[C@H]2CCN(C(=O)Cc3ccc(F)cn3)CC[C@@H]12. The second kappa shape index (κ2) is 8.12. The Hall–Kier alpha value is -2.02. The Morgan fingerprint density at radius 1 is 1.35 bits per heavy atom. The van der Waals surface area contributed by atoms with Gasteiger partial charge < -0.3 is 14.5 Å². The number of fused-ring (bicyclic) bond motifs is 1. The van der Waals surface area contributed by atoms with Crippen molar-refractivity contribution in [3.05, 3.63) is 29.8 Å². The van der Waals surface area contributed by atoms with Gasteiger partial charge in [-0.25, -0.2) is 4.39 Å². The number of nitrogens with zero attached hydrogens (tertiary/aromatic N) is 3. The number of likely N-dealkylation sites (tertiary alicyclic amines) is 2. The monoisotopic (exact) mass is 363 g/mol. The van der Waals surface area contributed by atoms with Crippen molar-refractivity contribution < 1.29 is 18.7 Å². The molecule has 0 aromatic carbocycles. The van der Waals surface area contributed by atoms with Crippen LogP contribution in [0.4, 0.5) is 4.39 Å². The maximum atomic E-state index is 13.0. The molecule has 0 aliphatic carbocycles. The maximum absolute atomic E-state index is 13.0. The first-order valence-corrected chi connectivity index (χ1v) is 9.11. The third kappa shape index (κ3) is 4.03. The summed E-state index contributed by atoms with van der Waals surface area (Å²) in [4.78, 5) is 32.8. The van der Waals surface area contributed by atoms with Crippen LogP contribution in [0.2, 0.25) is 0 Å². The fourth-order valence-electron chi connectivity index (χ4n) is 4.28. The van der Waals surface area contributed by atoms with E-state index in [4.69, 9.17) is 4.74 Å². The molecule has 3 atom stereocenters. The Labute approximate surface area is 153 Å². The lowest BCUT2D eigenvalue weighted by atomic mass is 9.75. The van der Waals surface area contributed by atoms with Crippen LogP contribution in [0.15, 0.2) is 18.3 Å². The number of carbonyl (C=O) groups excluding carboxylic acids is 2. The van der Waals surface area contributed by atoms with Gasteiger partial charge in [-0.3, -0.25) is 14.6 Å². The summed E-state index contributed by atoms with van der Waals surface area (Å²) >= 11 is 0. The second-order valence-corrected chi connectivity index (χ2v) is 7.31. The molecule has 26 heavy (non-hydrogen) atoms. The summed E-state index contributed by atoms with van der Waals surface area (Å²) in [5.74, 6) is 0.258. The van der Waals surface area contributed by atoms with E-state index >= 15 is 0 Å². The molecular formula is C19H26FN3O3. The predicted molar refractivity (Wildman–Crippen MR) is 93.7 cm³/mol. The van der Waals surface area contributed by atoms with Crippen LogP contribution in [0.5, 0.6) is 0 Å². The standard InChI is InChI=1S/C19H26FN3O3/c1-22-11-13(12-26-2)16-5-7-23(8-6-17(16)19(22)25)18(24)9-15-4-3-14(20)10-21-15/h3-4,10,13,16-17H,5-9,11-12H2,1-2H3/t13?,16-,17-/m0/s1. The minimum absolute atomic E-state index is 0.0214. The molecule has 0 N–H and O–H groups in total. The van der Waals surface area contributed by atoms with E-state index in [0.717, 1.165) is 12.6 Å². The van der Waals surface area contributed by atoms with Crippen molar-refractivity contribution >= 4 is 11.8 Å². The van der Waals surface area contributed by atoms with Crippen LogP contribution in [-0.4, -0.2) is 67.0 Å². The van der Waals surface area contributed by atoms with Gasteiger partial charge in [-0.1, -0.05) is 0 Å². The van der Waals surface area contributed by atoms with E-state index in [1.165, 1.54) is 12.1 Å². The molecule has 0 saturated carbocycles. The van der Waals surface area contributed by atoms with Gasteiger partial charge in [0.25, 0.3) is 0 Å². The van der Waals surface area contributed by atoms with E-state index in [9.17, 15) is 14.0 Å².